The topological polar surface area (TPSA) is 84.1 Å². The Morgan fingerprint density at radius 1 is 1.03 bits per heavy atom. The van der Waals surface area contributed by atoms with Crippen LogP contribution in [0.15, 0.2) is 66.2 Å². The second-order valence-electron chi connectivity index (χ2n) is 8.23. The van der Waals surface area contributed by atoms with Crippen LogP contribution >= 0.6 is 11.3 Å². The van der Waals surface area contributed by atoms with Crippen molar-refractivity contribution in [2.45, 2.75) is 19.8 Å². The van der Waals surface area contributed by atoms with Crippen molar-refractivity contribution in [2.24, 2.45) is 0 Å². The molecule has 2 aromatic carbocycles. The van der Waals surface area contributed by atoms with Gasteiger partial charge in [-0.25, -0.2) is 9.97 Å². The number of rotatable bonds is 5. The van der Waals surface area contributed by atoms with Gasteiger partial charge in [-0.3, -0.25) is 4.79 Å². The van der Waals surface area contributed by atoms with Gasteiger partial charge in [0.2, 0.25) is 0 Å². The lowest BCUT2D eigenvalue weighted by Gasteiger charge is -2.17. The Labute approximate surface area is 197 Å². The van der Waals surface area contributed by atoms with Crippen molar-refractivity contribution >= 4 is 33.9 Å². The summed E-state index contributed by atoms with van der Waals surface area (Å²) in [4.78, 5) is 24.0. The lowest BCUT2D eigenvalue weighted by atomic mass is 9.98. The summed E-state index contributed by atoms with van der Waals surface area (Å²) < 4.78 is 0. The Morgan fingerprint density at radius 2 is 1.79 bits per heavy atom. The number of nitrogens with zero attached hydrogens (tertiary/aromatic N) is 3. The van der Waals surface area contributed by atoms with Crippen LogP contribution < -0.4 is 16.0 Å². The molecule has 5 rings (SSSR count). The van der Waals surface area contributed by atoms with E-state index in [1.807, 2.05) is 41.8 Å². The van der Waals surface area contributed by atoms with Crippen LogP contribution in [0.2, 0.25) is 0 Å². The summed E-state index contributed by atoms with van der Waals surface area (Å²) in [6.45, 7) is 4.06. The monoisotopic (exact) mass is 455 g/mol. The van der Waals surface area contributed by atoms with E-state index in [2.05, 4.69) is 39.2 Å². The summed E-state index contributed by atoms with van der Waals surface area (Å²) >= 11 is 1.44. The fourth-order valence-electron chi connectivity index (χ4n) is 4.13. The molecule has 1 aliphatic rings. The number of nitrogens with two attached hydrogens (primary N) is 1. The highest BCUT2D eigenvalue weighted by Crippen LogP contribution is 2.30. The first kappa shape index (κ1) is 21.2. The maximum Gasteiger partial charge on any atom is 0.255 e. The highest BCUT2D eigenvalue weighted by atomic mass is 32.1. The molecule has 0 aliphatic carbocycles. The van der Waals surface area contributed by atoms with E-state index in [-0.39, 0.29) is 5.91 Å². The molecule has 6 nitrogen and oxygen atoms in total. The predicted octanol–water partition coefficient (Wildman–Crippen LogP) is 5.62. The smallest absolute Gasteiger partial charge is 0.255 e. The molecule has 0 bridgehead atoms. The van der Waals surface area contributed by atoms with E-state index in [0.29, 0.717) is 10.7 Å². The quantitative estimate of drug-likeness (QED) is 0.408. The summed E-state index contributed by atoms with van der Waals surface area (Å²) in [5, 5.41) is 5.57. The Bertz CT molecular complexity index is 1290. The first-order chi connectivity index (χ1) is 16.1. The predicted molar refractivity (Wildman–Crippen MR) is 136 cm³/mol. The largest absolute Gasteiger partial charge is 0.375 e. The molecule has 166 valence electrons. The molecule has 3 heterocycles. The number of carbonyl (C=O) groups is 1. The van der Waals surface area contributed by atoms with Crippen LogP contribution in [-0.4, -0.2) is 29.0 Å². The molecule has 33 heavy (non-hydrogen) atoms. The van der Waals surface area contributed by atoms with E-state index in [4.69, 9.17) is 5.73 Å². The molecule has 3 N–H and O–H groups in total. The number of amides is 1. The number of pyridine rings is 1. The van der Waals surface area contributed by atoms with Crippen LogP contribution in [0.4, 0.5) is 16.6 Å². The van der Waals surface area contributed by atoms with Gasteiger partial charge in [0, 0.05) is 41.5 Å². The van der Waals surface area contributed by atoms with Crippen molar-refractivity contribution in [2.75, 3.05) is 29.0 Å². The molecule has 2 aromatic heterocycles. The Balaban J connectivity index is 1.35. The van der Waals surface area contributed by atoms with Gasteiger partial charge >= 0.3 is 0 Å². The Hall–Kier alpha value is -3.71. The number of aromatic nitrogens is 2. The molecule has 1 amide bonds. The lowest BCUT2D eigenvalue weighted by molar-refractivity contribution is 0.102. The number of nitrogens with one attached hydrogen (secondary N) is 1. The van der Waals surface area contributed by atoms with Crippen molar-refractivity contribution in [3.05, 3.63) is 77.3 Å². The van der Waals surface area contributed by atoms with Crippen molar-refractivity contribution in [1.29, 1.82) is 0 Å². The average molecular weight is 456 g/mol. The van der Waals surface area contributed by atoms with Gasteiger partial charge in [0.15, 0.2) is 5.13 Å². The Kier molecular flexibility index (Phi) is 5.79. The number of hydrogen-bond acceptors (Lipinski definition) is 6. The van der Waals surface area contributed by atoms with Crippen molar-refractivity contribution in [3.8, 4) is 22.4 Å². The van der Waals surface area contributed by atoms with Crippen LogP contribution in [0, 0.1) is 6.92 Å². The van der Waals surface area contributed by atoms with Crippen LogP contribution in [0.25, 0.3) is 22.4 Å². The van der Waals surface area contributed by atoms with Gasteiger partial charge in [-0.2, -0.15) is 0 Å². The number of carbonyl (C=O) groups excluding carboxylic acids is 1. The summed E-state index contributed by atoms with van der Waals surface area (Å²) in [5.74, 6) is 0.732. The summed E-state index contributed by atoms with van der Waals surface area (Å²) in [5.41, 5.74) is 12.3. The molecule has 0 spiro atoms. The zero-order valence-corrected chi connectivity index (χ0v) is 19.2. The number of anilines is 3. The maximum atomic E-state index is 12.9. The molecule has 1 fully saturated rings. The molecular formula is C26H25N5OS. The number of nitrogen functional groups attached to an aromatic ring is 1. The minimum atomic E-state index is -0.135. The molecule has 1 aliphatic heterocycles. The minimum absolute atomic E-state index is 0.135. The van der Waals surface area contributed by atoms with Gasteiger partial charge in [0.1, 0.15) is 5.82 Å². The first-order valence-corrected chi connectivity index (χ1v) is 11.9. The molecule has 7 heteroatoms. The third-order valence-electron chi connectivity index (χ3n) is 5.95. The molecule has 0 unspecified atom stereocenters. The molecule has 0 atom stereocenters. The fourth-order valence-corrected chi connectivity index (χ4v) is 4.71. The van der Waals surface area contributed by atoms with E-state index >= 15 is 0 Å². The van der Waals surface area contributed by atoms with Crippen LogP contribution in [0.1, 0.15) is 28.8 Å². The summed E-state index contributed by atoms with van der Waals surface area (Å²) in [6, 6.07) is 17.9. The van der Waals surface area contributed by atoms with E-state index < -0.39 is 0 Å². The Morgan fingerprint density at radius 3 is 2.52 bits per heavy atom. The van der Waals surface area contributed by atoms with Crippen LogP contribution in [-0.2, 0) is 0 Å². The van der Waals surface area contributed by atoms with Gasteiger partial charge < -0.3 is 16.0 Å². The number of benzene rings is 2. The van der Waals surface area contributed by atoms with Gasteiger partial charge in [-0.05, 0) is 60.7 Å². The van der Waals surface area contributed by atoms with Crippen LogP contribution in [0.5, 0.6) is 0 Å². The second kappa shape index (κ2) is 9.03. The van der Waals surface area contributed by atoms with E-state index in [1.165, 1.54) is 24.2 Å². The fraction of sp³-hybridized carbons (Fsp3) is 0.192. The first-order valence-electron chi connectivity index (χ1n) is 11.0. The lowest BCUT2D eigenvalue weighted by Crippen LogP contribution is -2.20. The van der Waals surface area contributed by atoms with Crippen molar-refractivity contribution in [3.63, 3.8) is 0 Å². The highest BCUT2D eigenvalue weighted by molar-refractivity contribution is 7.13. The number of thiazole rings is 1. The van der Waals surface area contributed by atoms with E-state index in [1.54, 1.807) is 12.3 Å². The van der Waals surface area contributed by atoms with E-state index in [9.17, 15) is 4.79 Å². The summed E-state index contributed by atoms with van der Waals surface area (Å²) in [7, 11) is 0. The molecule has 0 saturated carbocycles. The van der Waals surface area contributed by atoms with Crippen LogP contribution in [0.3, 0.4) is 0 Å². The highest BCUT2D eigenvalue weighted by Gasteiger charge is 2.16. The van der Waals surface area contributed by atoms with Crippen molar-refractivity contribution < 1.29 is 4.79 Å². The standard InChI is InChI=1S/C26H25N5OS/c1-17-4-9-21(29-25(32)20-10-11-28-24(14-20)31-12-2-3-13-31)15-22(17)18-5-7-19(8-6-18)23-16-33-26(27)30-23/h4-11,14-16H,2-3,12-13H2,1H3,(H2,27,30)(H,29,32). The zero-order chi connectivity index (χ0) is 22.8. The third-order valence-corrected chi connectivity index (χ3v) is 6.62. The van der Waals surface area contributed by atoms with Gasteiger partial charge in [-0.1, -0.05) is 30.3 Å². The summed E-state index contributed by atoms with van der Waals surface area (Å²) in [6.07, 6.45) is 4.05. The minimum Gasteiger partial charge on any atom is -0.375 e. The molecule has 4 aromatic rings. The maximum absolute atomic E-state index is 12.9. The molecule has 1 saturated heterocycles. The van der Waals surface area contributed by atoms with Gasteiger partial charge in [0.05, 0.1) is 5.69 Å². The van der Waals surface area contributed by atoms with E-state index in [0.717, 1.165) is 52.5 Å². The third kappa shape index (κ3) is 4.59. The van der Waals surface area contributed by atoms with Gasteiger partial charge in [-0.15, -0.1) is 11.3 Å². The zero-order valence-electron chi connectivity index (χ0n) is 18.4. The normalized spacial score (nSPS) is 13.3. The SMILES string of the molecule is Cc1ccc(NC(=O)c2ccnc(N3CCCC3)c2)cc1-c1ccc(-c2csc(N)n2)cc1. The average Bonchev–Trinajstić information content (AvgIpc) is 3.53. The number of hydrogen-bond donors (Lipinski definition) is 2. The number of aryl methyl sites for hydroxylation is 1. The molecular weight excluding hydrogens is 430 g/mol. The second-order valence-corrected chi connectivity index (χ2v) is 9.12. The van der Waals surface area contributed by atoms with Gasteiger partial charge in [0.25, 0.3) is 5.91 Å². The van der Waals surface area contributed by atoms with Crippen molar-refractivity contribution in [1.82, 2.24) is 9.97 Å². The molecule has 0 radical (unpaired) electrons.